The molecule has 164 valence electrons. The highest BCUT2D eigenvalue weighted by Gasteiger charge is 2.23. The highest BCUT2D eigenvalue weighted by atomic mass is 16.5. The van der Waals surface area contributed by atoms with Crippen LogP contribution in [0.15, 0.2) is 71.9 Å². The van der Waals surface area contributed by atoms with Crippen LogP contribution in [0.25, 0.3) is 0 Å². The first-order chi connectivity index (χ1) is 15.7. The second kappa shape index (κ2) is 9.13. The molecule has 0 N–H and O–H groups in total. The van der Waals surface area contributed by atoms with Gasteiger partial charge in [-0.05, 0) is 53.8 Å². The van der Waals surface area contributed by atoms with Crippen molar-refractivity contribution in [1.82, 2.24) is 4.98 Å². The fourth-order valence-corrected chi connectivity index (χ4v) is 4.32. The summed E-state index contributed by atoms with van der Waals surface area (Å²) in [5, 5.41) is 0. The van der Waals surface area contributed by atoms with Gasteiger partial charge in [0.15, 0.2) is 0 Å². The normalized spacial score (nSPS) is 17.0. The van der Waals surface area contributed by atoms with Gasteiger partial charge in [0, 0.05) is 30.5 Å². The van der Waals surface area contributed by atoms with Gasteiger partial charge >= 0.3 is 0 Å². The molecule has 1 unspecified atom stereocenters. The van der Waals surface area contributed by atoms with Gasteiger partial charge in [0.25, 0.3) is 0 Å². The van der Waals surface area contributed by atoms with E-state index in [0.29, 0.717) is 5.92 Å². The van der Waals surface area contributed by atoms with E-state index in [-0.39, 0.29) is 0 Å². The molecule has 0 spiro atoms. The van der Waals surface area contributed by atoms with E-state index in [1.54, 1.807) is 0 Å². The molecule has 2 aliphatic heterocycles. The van der Waals surface area contributed by atoms with Crippen LogP contribution in [0.5, 0.6) is 0 Å². The van der Waals surface area contributed by atoms with Crippen LogP contribution in [-0.2, 0) is 11.3 Å². The van der Waals surface area contributed by atoms with Crippen molar-refractivity contribution in [3.8, 4) is 0 Å². The molecule has 5 nitrogen and oxygen atoms in total. The number of ether oxygens (including phenoxy) is 1. The smallest absolute Gasteiger partial charge is 0.142 e. The minimum atomic E-state index is 0.566. The van der Waals surface area contributed by atoms with Crippen LogP contribution >= 0.6 is 0 Å². The second-order valence-corrected chi connectivity index (χ2v) is 8.56. The van der Waals surface area contributed by atoms with E-state index >= 15 is 0 Å². The topological polar surface area (TPSA) is 41.0 Å². The molecule has 0 aliphatic carbocycles. The Morgan fingerprint density at radius 3 is 2.47 bits per heavy atom. The summed E-state index contributed by atoms with van der Waals surface area (Å²) in [7, 11) is 0. The summed E-state index contributed by atoms with van der Waals surface area (Å²) in [4.78, 5) is 14.4. The highest BCUT2D eigenvalue weighted by Crippen LogP contribution is 2.32. The summed E-state index contributed by atoms with van der Waals surface area (Å²) >= 11 is 0. The number of para-hydroxylation sites is 1. The maximum atomic E-state index is 5.47. The Morgan fingerprint density at radius 1 is 0.969 bits per heavy atom. The molecule has 3 heterocycles. The fourth-order valence-electron chi connectivity index (χ4n) is 4.32. The number of nitrogens with zero attached hydrogens (tertiary/aromatic N) is 4. The lowest BCUT2D eigenvalue weighted by molar-refractivity contribution is 0.122. The predicted molar refractivity (Wildman–Crippen MR) is 131 cm³/mol. The monoisotopic (exact) mass is 426 g/mol. The average Bonchev–Trinajstić information content (AvgIpc) is 2.88. The quantitative estimate of drug-likeness (QED) is 0.538. The maximum absolute atomic E-state index is 5.47. The van der Waals surface area contributed by atoms with Crippen molar-refractivity contribution in [3.05, 3.63) is 83.6 Å². The molecular formula is C27H30N4O. The van der Waals surface area contributed by atoms with Gasteiger partial charge in [-0.3, -0.25) is 0 Å². The van der Waals surface area contributed by atoms with Gasteiger partial charge in [-0.2, -0.15) is 0 Å². The zero-order valence-electron chi connectivity index (χ0n) is 18.9. The van der Waals surface area contributed by atoms with E-state index in [0.717, 1.165) is 67.9 Å². The molecule has 0 saturated carbocycles. The van der Waals surface area contributed by atoms with Crippen LogP contribution in [0, 0.1) is 0 Å². The standard InChI is InChI=1S/C27H30N4O/c1-3-20(2)21-8-11-24(12-9-21)31-19-23-6-4-5-7-25(23)29-27(31)22-10-13-26(28-18-22)30-14-16-32-17-15-30/h4-13,18,20H,3,14-17,19H2,1-2H3. The number of rotatable bonds is 5. The predicted octanol–water partition coefficient (Wildman–Crippen LogP) is 5.53. The van der Waals surface area contributed by atoms with Gasteiger partial charge in [-0.15, -0.1) is 0 Å². The number of morpholine rings is 1. The summed E-state index contributed by atoms with van der Waals surface area (Å²) in [5.41, 5.74) is 5.83. The molecule has 3 aromatic rings. The summed E-state index contributed by atoms with van der Waals surface area (Å²) in [6.07, 6.45) is 3.10. The minimum Gasteiger partial charge on any atom is -0.378 e. The largest absolute Gasteiger partial charge is 0.378 e. The lowest BCUT2D eigenvalue weighted by Gasteiger charge is -2.31. The third-order valence-corrected chi connectivity index (χ3v) is 6.53. The number of fused-ring (bicyclic) bond motifs is 1. The molecule has 1 fully saturated rings. The Labute approximate surface area is 190 Å². The molecule has 0 amide bonds. The third kappa shape index (κ3) is 4.13. The number of amidine groups is 1. The number of aromatic nitrogens is 1. The van der Waals surface area contributed by atoms with Gasteiger partial charge in [-0.25, -0.2) is 9.98 Å². The molecule has 2 aromatic carbocycles. The van der Waals surface area contributed by atoms with Gasteiger partial charge < -0.3 is 14.5 Å². The van der Waals surface area contributed by atoms with Crippen LogP contribution in [0.2, 0.25) is 0 Å². The van der Waals surface area contributed by atoms with E-state index in [1.165, 1.54) is 11.1 Å². The highest BCUT2D eigenvalue weighted by molar-refractivity contribution is 6.12. The molecule has 0 radical (unpaired) electrons. The zero-order chi connectivity index (χ0) is 21.9. The van der Waals surface area contributed by atoms with Crippen LogP contribution in [0.4, 0.5) is 17.2 Å². The second-order valence-electron chi connectivity index (χ2n) is 8.56. The Balaban J connectivity index is 1.49. The van der Waals surface area contributed by atoms with E-state index in [2.05, 4.69) is 84.3 Å². The van der Waals surface area contributed by atoms with E-state index in [1.807, 2.05) is 6.20 Å². The zero-order valence-corrected chi connectivity index (χ0v) is 18.9. The molecule has 1 aromatic heterocycles. The third-order valence-electron chi connectivity index (χ3n) is 6.53. The van der Waals surface area contributed by atoms with Crippen LogP contribution < -0.4 is 9.80 Å². The van der Waals surface area contributed by atoms with Crippen LogP contribution in [0.1, 0.15) is 42.9 Å². The Morgan fingerprint density at radius 2 is 1.75 bits per heavy atom. The number of hydrogen-bond donors (Lipinski definition) is 0. The molecular weight excluding hydrogens is 396 g/mol. The Kier molecular flexibility index (Phi) is 5.91. The number of aliphatic imine (C=N–C) groups is 1. The summed E-state index contributed by atoms with van der Waals surface area (Å²) < 4.78 is 5.47. The van der Waals surface area contributed by atoms with Gasteiger partial charge in [-0.1, -0.05) is 44.2 Å². The van der Waals surface area contributed by atoms with Gasteiger partial charge in [0.2, 0.25) is 0 Å². The van der Waals surface area contributed by atoms with Crippen molar-refractivity contribution in [2.45, 2.75) is 32.7 Å². The first-order valence-electron chi connectivity index (χ1n) is 11.6. The fraction of sp³-hybridized carbons (Fsp3) is 0.333. The molecule has 0 bridgehead atoms. The Bertz CT molecular complexity index is 1090. The van der Waals surface area contributed by atoms with E-state index in [9.17, 15) is 0 Å². The number of hydrogen-bond acceptors (Lipinski definition) is 5. The van der Waals surface area contributed by atoms with E-state index in [4.69, 9.17) is 14.7 Å². The lowest BCUT2D eigenvalue weighted by atomic mass is 9.98. The van der Waals surface area contributed by atoms with Crippen molar-refractivity contribution in [1.29, 1.82) is 0 Å². The lowest BCUT2D eigenvalue weighted by Crippen LogP contribution is -2.37. The van der Waals surface area contributed by atoms with Crippen molar-refractivity contribution in [2.75, 3.05) is 36.1 Å². The van der Waals surface area contributed by atoms with Crippen LogP contribution in [0.3, 0.4) is 0 Å². The molecule has 2 aliphatic rings. The number of anilines is 2. The molecule has 32 heavy (non-hydrogen) atoms. The first-order valence-corrected chi connectivity index (χ1v) is 11.6. The molecule has 1 atom stereocenters. The minimum absolute atomic E-state index is 0.566. The SMILES string of the molecule is CCC(C)c1ccc(N2Cc3ccccc3N=C2c2ccc(N3CCOCC3)nc2)cc1. The van der Waals surface area contributed by atoms with Crippen molar-refractivity contribution in [2.24, 2.45) is 4.99 Å². The van der Waals surface area contributed by atoms with Gasteiger partial charge in [0.05, 0.1) is 25.4 Å². The average molecular weight is 427 g/mol. The summed E-state index contributed by atoms with van der Waals surface area (Å²) in [6, 6.07) is 21.6. The summed E-state index contributed by atoms with van der Waals surface area (Å²) in [6.45, 7) is 8.59. The maximum Gasteiger partial charge on any atom is 0.142 e. The molecule has 1 saturated heterocycles. The molecule has 5 heteroatoms. The number of benzene rings is 2. The van der Waals surface area contributed by atoms with Crippen LogP contribution in [-0.4, -0.2) is 37.1 Å². The van der Waals surface area contributed by atoms with Gasteiger partial charge in [0.1, 0.15) is 11.7 Å². The van der Waals surface area contributed by atoms with Crippen molar-refractivity contribution >= 4 is 23.0 Å². The molecule has 5 rings (SSSR count). The van der Waals surface area contributed by atoms with Crippen molar-refractivity contribution < 1.29 is 4.74 Å². The first kappa shape index (κ1) is 20.7. The number of pyridine rings is 1. The van der Waals surface area contributed by atoms with E-state index < -0.39 is 0 Å². The Hall–Kier alpha value is -3.18. The van der Waals surface area contributed by atoms with Crippen molar-refractivity contribution in [3.63, 3.8) is 0 Å². The summed E-state index contributed by atoms with van der Waals surface area (Å²) in [5.74, 6) is 2.51.